The van der Waals surface area contributed by atoms with Gasteiger partial charge in [0.2, 0.25) is 0 Å². The predicted molar refractivity (Wildman–Crippen MR) is 70.9 cm³/mol. The average molecular weight is 245 g/mol. The number of methoxy groups -OCH3 is 1. The molecule has 2 aromatic carbocycles. The van der Waals surface area contributed by atoms with E-state index in [2.05, 4.69) is 5.32 Å². The summed E-state index contributed by atoms with van der Waals surface area (Å²) in [6.07, 6.45) is 0. The van der Waals surface area contributed by atoms with Crippen molar-refractivity contribution >= 4 is 5.69 Å². The van der Waals surface area contributed by atoms with E-state index in [1.807, 2.05) is 24.3 Å². The summed E-state index contributed by atoms with van der Waals surface area (Å²) < 4.78 is 17.9. The van der Waals surface area contributed by atoms with Crippen LogP contribution in [0.4, 0.5) is 10.1 Å². The van der Waals surface area contributed by atoms with E-state index in [4.69, 9.17) is 4.74 Å². The number of nitrogens with one attached hydrogen (secondary N) is 1. The summed E-state index contributed by atoms with van der Waals surface area (Å²) in [6.45, 7) is 1.24. The first-order valence-corrected chi connectivity index (χ1v) is 5.85. The van der Waals surface area contributed by atoms with Crippen LogP contribution in [0.1, 0.15) is 11.1 Å². The largest absolute Gasteiger partial charge is 0.381 e. The molecule has 2 aromatic rings. The summed E-state index contributed by atoms with van der Waals surface area (Å²) >= 11 is 0. The molecule has 94 valence electrons. The number of rotatable bonds is 5. The van der Waals surface area contributed by atoms with Crippen molar-refractivity contribution in [3.05, 3.63) is 65.5 Å². The number of hydrogen-bond acceptors (Lipinski definition) is 2. The lowest BCUT2D eigenvalue weighted by molar-refractivity contribution is 0.185. The predicted octanol–water partition coefficient (Wildman–Crippen LogP) is 3.58. The van der Waals surface area contributed by atoms with Gasteiger partial charge in [0.25, 0.3) is 0 Å². The van der Waals surface area contributed by atoms with Crippen LogP contribution >= 0.6 is 0 Å². The lowest BCUT2D eigenvalue weighted by atomic mass is 10.1. The normalized spacial score (nSPS) is 10.3. The SMILES string of the molecule is COCc1ccccc1NCc1ccc(F)cc1. The number of hydrogen-bond donors (Lipinski definition) is 1. The molecule has 0 bridgehead atoms. The van der Waals surface area contributed by atoms with Crippen molar-refractivity contribution in [1.29, 1.82) is 0 Å². The minimum Gasteiger partial charge on any atom is -0.381 e. The zero-order chi connectivity index (χ0) is 12.8. The summed E-state index contributed by atoms with van der Waals surface area (Å²) in [5, 5.41) is 3.33. The first kappa shape index (κ1) is 12.6. The van der Waals surface area contributed by atoms with Gasteiger partial charge >= 0.3 is 0 Å². The van der Waals surface area contributed by atoms with Crippen LogP contribution in [0, 0.1) is 5.82 Å². The highest BCUT2D eigenvalue weighted by Crippen LogP contribution is 2.17. The smallest absolute Gasteiger partial charge is 0.123 e. The number of ether oxygens (including phenoxy) is 1. The van der Waals surface area contributed by atoms with E-state index in [1.54, 1.807) is 19.2 Å². The first-order chi connectivity index (χ1) is 8.79. The van der Waals surface area contributed by atoms with Crippen molar-refractivity contribution in [1.82, 2.24) is 0 Å². The number of anilines is 1. The molecule has 2 nitrogen and oxygen atoms in total. The van der Waals surface area contributed by atoms with Crippen LogP contribution in [0.15, 0.2) is 48.5 Å². The second kappa shape index (κ2) is 6.17. The van der Waals surface area contributed by atoms with Gasteiger partial charge in [-0.3, -0.25) is 0 Å². The van der Waals surface area contributed by atoms with Crippen LogP contribution in [0.3, 0.4) is 0 Å². The second-order valence-electron chi connectivity index (χ2n) is 4.07. The van der Waals surface area contributed by atoms with E-state index in [0.717, 1.165) is 16.8 Å². The Kier molecular flexibility index (Phi) is 4.31. The van der Waals surface area contributed by atoms with Gasteiger partial charge in [0.1, 0.15) is 5.82 Å². The fraction of sp³-hybridized carbons (Fsp3) is 0.200. The molecule has 0 aliphatic rings. The molecule has 3 heteroatoms. The van der Waals surface area contributed by atoms with E-state index in [9.17, 15) is 4.39 Å². The average Bonchev–Trinajstić information content (AvgIpc) is 2.40. The third-order valence-corrected chi connectivity index (χ3v) is 2.71. The van der Waals surface area contributed by atoms with E-state index >= 15 is 0 Å². The molecule has 0 spiro atoms. The molecule has 0 amide bonds. The van der Waals surface area contributed by atoms with Gasteiger partial charge in [-0.2, -0.15) is 0 Å². The van der Waals surface area contributed by atoms with Gasteiger partial charge in [-0.1, -0.05) is 30.3 Å². The molecular weight excluding hydrogens is 229 g/mol. The van der Waals surface area contributed by atoms with Crippen LogP contribution in [-0.2, 0) is 17.9 Å². The summed E-state index contributed by atoms with van der Waals surface area (Å²) in [6, 6.07) is 14.5. The molecule has 0 radical (unpaired) electrons. The van der Waals surface area contributed by atoms with Crippen LogP contribution in [0.2, 0.25) is 0 Å². The van der Waals surface area contributed by atoms with E-state index in [-0.39, 0.29) is 5.82 Å². The first-order valence-electron chi connectivity index (χ1n) is 5.85. The maximum atomic E-state index is 12.8. The van der Waals surface area contributed by atoms with Crippen molar-refractivity contribution in [2.45, 2.75) is 13.2 Å². The Morgan fingerprint density at radius 1 is 1.06 bits per heavy atom. The molecule has 0 atom stereocenters. The van der Waals surface area contributed by atoms with Gasteiger partial charge in [-0.15, -0.1) is 0 Å². The zero-order valence-electron chi connectivity index (χ0n) is 10.3. The molecule has 0 saturated carbocycles. The highest BCUT2D eigenvalue weighted by Gasteiger charge is 2.01. The van der Waals surface area contributed by atoms with Crippen LogP contribution < -0.4 is 5.32 Å². The summed E-state index contributed by atoms with van der Waals surface area (Å²) in [5.74, 6) is -0.210. The topological polar surface area (TPSA) is 21.3 Å². The van der Waals surface area contributed by atoms with Crippen LogP contribution in [0.25, 0.3) is 0 Å². The molecule has 0 fully saturated rings. The number of halogens is 1. The Balaban J connectivity index is 2.03. The fourth-order valence-corrected chi connectivity index (χ4v) is 1.77. The van der Waals surface area contributed by atoms with Gasteiger partial charge in [0.05, 0.1) is 6.61 Å². The van der Waals surface area contributed by atoms with Crippen molar-refractivity contribution in [2.75, 3.05) is 12.4 Å². The quantitative estimate of drug-likeness (QED) is 0.869. The minimum absolute atomic E-state index is 0.210. The molecule has 0 aliphatic carbocycles. The molecule has 18 heavy (non-hydrogen) atoms. The van der Waals surface area contributed by atoms with Crippen molar-refractivity contribution in [2.24, 2.45) is 0 Å². The van der Waals surface area contributed by atoms with Gasteiger partial charge in [0, 0.05) is 24.9 Å². The highest BCUT2D eigenvalue weighted by atomic mass is 19.1. The van der Waals surface area contributed by atoms with Crippen molar-refractivity contribution < 1.29 is 9.13 Å². The number of benzene rings is 2. The van der Waals surface area contributed by atoms with Crippen LogP contribution in [-0.4, -0.2) is 7.11 Å². The summed E-state index contributed by atoms with van der Waals surface area (Å²) in [4.78, 5) is 0. The molecular formula is C15H16FNO. The number of para-hydroxylation sites is 1. The van der Waals surface area contributed by atoms with Gasteiger partial charge < -0.3 is 10.1 Å². The zero-order valence-corrected chi connectivity index (χ0v) is 10.3. The van der Waals surface area contributed by atoms with Crippen LogP contribution in [0.5, 0.6) is 0 Å². The fourth-order valence-electron chi connectivity index (χ4n) is 1.77. The molecule has 0 heterocycles. The Labute approximate surface area is 106 Å². The molecule has 0 aromatic heterocycles. The lowest BCUT2D eigenvalue weighted by Crippen LogP contribution is -2.03. The maximum Gasteiger partial charge on any atom is 0.123 e. The Hall–Kier alpha value is -1.87. The minimum atomic E-state index is -0.210. The lowest BCUT2D eigenvalue weighted by Gasteiger charge is -2.11. The molecule has 0 aliphatic heterocycles. The third kappa shape index (κ3) is 3.31. The van der Waals surface area contributed by atoms with Crippen molar-refractivity contribution in [3.8, 4) is 0 Å². The second-order valence-corrected chi connectivity index (χ2v) is 4.07. The summed E-state index contributed by atoms with van der Waals surface area (Å²) in [5.41, 5.74) is 3.20. The van der Waals surface area contributed by atoms with Gasteiger partial charge in [-0.25, -0.2) is 4.39 Å². The molecule has 1 N–H and O–H groups in total. The van der Waals surface area contributed by atoms with Gasteiger partial charge in [0.15, 0.2) is 0 Å². The maximum absolute atomic E-state index is 12.8. The Morgan fingerprint density at radius 2 is 1.78 bits per heavy atom. The van der Waals surface area contributed by atoms with Crippen molar-refractivity contribution in [3.63, 3.8) is 0 Å². The highest BCUT2D eigenvalue weighted by molar-refractivity contribution is 5.51. The Morgan fingerprint density at radius 3 is 2.50 bits per heavy atom. The molecule has 2 rings (SSSR count). The molecule has 0 saturated heterocycles. The molecule has 0 unspecified atom stereocenters. The third-order valence-electron chi connectivity index (χ3n) is 2.71. The van der Waals surface area contributed by atoms with Gasteiger partial charge in [-0.05, 0) is 23.8 Å². The van der Waals surface area contributed by atoms with E-state index in [0.29, 0.717) is 13.2 Å². The summed E-state index contributed by atoms with van der Waals surface area (Å²) in [7, 11) is 1.68. The van der Waals surface area contributed by atoms with E-state index < -0.39 is 0 Å². The van der Waals surface area contributed by atoms with E-state index in [1.165, 1.54) is 12.1 Å². The monoisotopic (exact) mass is 245 g/mol. The Bertz CT molecular complexity index is 496. The standard InChI is InChI=1S/C15H16FNO/c1-18-11-13-4-2-3-5-15(13)17-10-12-6-8-14(16)9-7-12/h2-9,17H,10-11H2,1H3.